The Balaban J connectivity index is 1.65. The van der Waals surface area contributed by atoms with Gasteiger partial charge < -0.3 is 4.90 Å². The van der Waals surface area contributed by atoms with Crippen LogP contribution in [0.2, 0.25) is 0 Å². The number of carbonyl (C=O) groups excluding carboxylic acids is 2. The van der Waals surface area contributed by atoms with Crippen molar-refractivity contribution in [2.45, 2.75) is 26.7 Å². The molecule has 2 amide bonds. The van der Waals surface area contributed by atoms with E-state index in [1.807, 2.05) is 41.3 Å². The summed E-state index contributed by atoms with van der Waals surface area (Å²) in [6.07, 6.45) is 3.35. The molecule has 128 valence electrons. The van der Waals surface area contributed by atoms with Gasteiger partial charge >= 0.3 is 0 Å². The van der Waals surface area contributed by atoms with Crippen LogP contribution in [0.15, 0.2) is 36.4 Å². The van der Waals surface area contributed by atoms with Gasteiger partial charge in [-0.3, -0.25) is 15.0 Å². The van der Waals surface area contributed by atoms with E-state index in [2.05, 4.69) is 19.3 Å². The molecular weight excluding hydrogens is 302 g/mol. The normalized spacial score (nSPS) is 24.4. The van der Waals surface area contributed by atoms with Crippen molar-refractivity contribution in [3.05, 3.63) is 42.0 Å². The number of benzene rings is 1. The zero-order chi connectivity index (χ0) is 17.1. The lowest BCUT2D eigenvalue weighted by Gasteiger charge is -2.37. The number of nitrogens with zero attached hydrogens (tertiary/aromatic N) is 2. The number of piperidine rings is 1. The minimum atomic E-state index is -0.0684. The number of hydrogen-bond acceptors (Lipinski definition) is 3. The van der Waals surface area contributed by atoms with Crippen molar-refractivity contribution in [3.63, 3.8) is 0 Å². The maximum Gasteiger partial charge on any atom is 0.245 e. The molecule has 1 saturated heterocycles. The van der Waals surface area contributed by atoms with Crippen LogP contribution < -0.4 is 5.43 Å². The monoisotopic (exact) mass is 327 g/mol. The SMILES string of the molecule is CC1CC(C)CN(C(=O)CN2NC(c3ccccc3)=CCC2=O)C1. The van der Waals surface area contributed by atoms with Gasteiger partial charge in [0.15, 0.2) is 0 Å². The predicted octanol–water partition coefficient (Wildman–Crippen LogP) is 2.27. The van der Waals surface area contributed by atoms with Gasteiger partial charge in [0.05, 0.1) is 5.70 Å². The second-order valence-corrected chi connectivity index (χ2v) is 7.02. The zero-order valence-electron chi connectivity index (χ0n) is 14.4. The van der Waals surface area contributed by atoms with Crippen LogP contribution in [0, 0.1) is 11.8 Å². The van der Waals surface area contributed by atoms with Crippen LogP contribution in [0.5, 0.6) is 0 Å². The summed E-state index contributed by atoms with van der Waals surface area (Å²) in [6.45, 7) is 6.01. The first kappa shape index (κ1) is 16.6. The van der Waals surface area contributed by atoms with E-state index in [9.17, 15) is 9.59 Å². The largest absolute Gasteiger partial charge is 0.341 e. The van der Waals surface area contributed by atoms with Gasteiger partial charge in [-0.2, -0.15) is 0 Å². The maximum atomic E-state index is 12.6. The minimum absolute atomic E-state index is 0.0172. The second-order valence-electron chi connectivity index (χ2n) is 7.02. The van der Waals surface area contributed by atoms with Gasteiger partial charge in [-0.1, -0.05) is 44.2 Å². The highest BCUT2D eigenvalue weighted by atomic mass is 16.2. The van der Waals surface area contributed by atoms with Crippen LogP contribution in [0.1, 0.15) is 32.3 Å². The summed E-state index contributed by atoms with van der Waals surface area (Å²) in [6, 6.07) is 9.85. The molecule has 2 aliphatic rings. The molecule has 2 aliphatic heterocycles. The van der Waals surface area contributed by atoms with Gasteiger partial charge in [0.25, 0.3) is 0 Å². The summed E-state index contributed by atoms with van der Waals surface area (Å²) < 4.78 is 0. The molecule has 2 heterocycles. The summed E-state index contributed by atoms with van der Waals surface area (Å²) >= 11 is 0. The Morgan fingerprint density at radius 1 is 1.17 bits per heavy atom. The molecule has 5 heteroatoms. The maximum absolute atomic E-state index is 12.6. The Hall–Kier alpha value is -2.30. The fraction of sp³-hybridized carbons (Fsp3) is 0.474. The molecule has 0 saturated carbocycles. The van der Waals surface area contributed by atoms with Gasteiger partial charge in [-0.15, -0.1) is 0 Å². The van der Waals surface area contributed by atoms with E-state index < -0.39 is 0 Å². The molecule has 0 aromatic heterocycles. The summed E-state index contributed by atoms with van der Waals surface area (Å²) in [5.74, 6) is 0.981. The van der Waals surface area contributed by atoms with Crippen molar-refractivity contribution < 1.29 is 9.59 Å². The van der Waals surface area contributed by atoms with Crippen molar-refractivity contribution in [2.75, 3.05) is 19.6 Å². The smallest absolute Gasteiger partial charge is 0.245 e. The van der Waals surface area contributed by atoms with E-state index in [1.165, 1.54) is 5.01 Å². The standard InChI is InChI=1S/C19H25N3O2/c1-14-10-15(2)12-21(11-14)19(24)13-22-18(23)9-8-17(20-22)16-6-4-3-5-7-16/h3-8,14-15,20H,9-13H2,1-2H3. The molecular formula is C19H25N3O2. The van der Waals surface area contributed by atoms with E-state index in [0.29, 0.717) is 18.3 Å². The van der Waals surface area contributed by atoms with Crippen molar-refractivity contribution in [3.8, 4) is 0 Å². The van der Waals surface area contributed by atoms with Gasteiger partial charge in [0.1, 0.15) is 6.54 Å². The van der Waals surface area contributed by atoms with E-state index >= 15 is 0 Å². The average molecular weight is 327 g/mol. The van der Waals surface area contributed by atoms with E-state index in [0.717, 1.165) is 30.8 Å². The Kier molecular flexibility index (Phi) is 4.88. The van der Waals surface area contributed by atoms with E-state index in [1.54, 1.807) is 0 Å². The van der Waals surface area contributed by atoms with Crippen molar-refractivity contribution in [1.82, 2.24) is 15.3 Å². The lowest BCUT2D eigenvalue weighted by Crippen LogP contribution is -2.52. The average Bonchev–Trinajstić information content (AvgIpc) is 2.56. The van der Waals surface area contributed by atoms with Crippen LogP contribution in [0.3, 0.4) is 0 Å². The molecule has 1 aromatic rings. The minimum Gasteiger partial charge on any atom is -0.341 e. The van der Waals surface area contributed by atoms with Crippen LogP contribution >= 0.6 is 0 Å². The molecule has 3 rings (SSSR count). The summed E-state index contributed by atoms with van der Waals surface area (Å²) in [7, 11) is 0. The molecule has 1 N–H and O–H groups in total. The number of carbonyl (C=O) groups is 2. The Labute approximate surface area is 143 Å². The number of likely N-dealkylation sites (tertiary alicyclic amines) is 1. The molecule has 0 aliphatic carbocycles. The highest BCUT2D eigenvalue weighted by molar-refractivity contribution is 5.88. The fourth-order valence-electron chi connectivity index (χ4n) is 3.58. The second kappa shape index (κ2) is 7.07. The molecule has 24 heavy (non-hydrogen) atoms. The molecule has 1 fully saturated rings. The van der Waals surface area contributed by atoms with E-state index in [4.69, 9.17) is 0 Å². The number of hydrazine groups is 1. The van der Waals surface area contributed by atoms with Crippen LogP contribution in [-0.2, 0) is 9.59 Å². The van der Waals surface area contributed by atoms with E-state index in [-0.39, 0.29) is 18.4 Å². The first-order valence-corrected chi connectivity index (χ1v) is 8.63. The van der Waals surface area contributed by atoms with Crippen molar-refractivity contribution in [2.24, 2.45) is 11.8 Å². The Morgan fingerprint density at radius 2 is 1.83 bits per heavy atom. The first-order valence-electron chi connectivity index (χ1n) is 8.63. The Bertz CT molecular complexity index is 631. The summed E-state index contributed by atoms with van der Waals surface area (Å²) in [4.78, 5) is 26.7. The Morgan fingerprint density at radius 3 is 2.50 bits per heavy atom. The fourth-order valence-corrected chi connectivity index (χ4v) is 3.58. The summed E-state index contributed by atoms with van der Waals surface area (Å²) in [5.41, 5.74) is 5.00. The third-order valence-corrected chi connectivity index (χ3v) is 4.64. The van der Waals surface area contributed by atoms with Crippen LogP contribution in [0.4, 0.5) is 0 Å². The molecule has 1 aromatic carbocycles. The third-order valence-electron chi connectivity index (χ3n) is 4.64. The lowest BCUT2D eigenvalue weighted by molar-refractivity contribution is -0.143. The lowest BCUT2D eigenvalue weighted by atomic mass is 9.92. The number of nitrogens with one attached hydrogen (secondary N) is 1. The van der Waals surface area contributed by atoms with Gasteiger partial charge in [0.2, 0.25) is 11.8 Å². The highest BCUT2D eigenvalue weighted by Gasteiger charge is 2.28. The van der Waals surface area contributed by atoms with Gasteiger partial charge in [-0.25, -0.2) is 5.01 Å². The predicted molar refractivity (Wildman–Crippen MR) is 93.4 cm³/mol. The van der Waals surface area contributed by atoms with Crippen LogP contribution in [-0.4, -0.2) is 41.4 Å². The topological polar surface area (TPSA) is 52.7 Å². The zero-order valence-corrected chi connectivity index (χ0v) is 14.4. The van der Waals surface area contributed by atoms with Crippen LogP contribution in [0.25, 0.3) is 5.70 Å². The van der Waals surface area contributed by atoms with Gasteiger partial charge in [-0.05, 0) is 29.9 Å². The molecule has 0 radical (unpaired) electrons. The number of hydrogen-bond donors (Lipinski definition) is 1. The quantitative estimate of drug-likeness (QED) is 0.926. The first-order chi connectivity index (χ1) is 11.5. The third kappa shape index (κ3) is 3.78. The summed E-state index contributed by atoms with van der Waals surface area (Å²) in [5, 5.41) is 1.45. The molecule has 5 nitrogen and oxygen atoms in total. The van der Waals surface area contributed by atoms with Crippen molar-refractivity contribution in [1.29, 1.82) is 0 Å². The molecule has 0 spiro atoms. The molecule has 2 unspecified atom stereocenters. The number of rotatable bonds is 3. The molecule has 2 atom stereocenters. The highest BCUT2D eigenvalue weighted by Crippen LogP contribution is 2.22. The van der Waals surface area contributed by atoms with Gasteiger partial charge in [0, 0.05) is 19.5 Å². The molecule has 0 bridgehead atoms. The number of amides is 2. The van der Waals surface area contributed by atoms with Crippen molar-refractivity contribution >= 4 is 17.5 Å².